The molecule has 0 aromatic rings. The zero-order valence-electron chi connectivity index (χ0n) is 12.1. The number of hydrogen-bond donors (Lipinski definition) is 6. The van der Waals surface area contributed by atoms with E-state index in [0.29, 0.717) is 0 Å². The molecular formula is C11H25N3O6. The van der Waals surface area contributed by atoms with Gasteiger partial charge in [0.15, 0.2) is 0 Å². The lowest BCUT2D eigenvalue weighted by atomic mass is 10.1. The maximum absolute atomic E-state index is 10.0. The predicted octanol–water partition coefficient (Wildman–Crippen LogP) is -1.11. The van der Waals surface area contributed by atoms with Gasteiger partial charge < -0.3 is 32.5 Å². The van der Waals surface area contributed by atoms with Gasteiger partial charge in [0.05, 0.1) is 0 Å². The lowest BCUT2D eigenvalue weighted by Gasteiger charge is -2.07. The highest BCUT2D eigenvalue weighted by molar-refractivity contribution is 5.73. The molecule has 0 rings (SSSR count). The fraction of sp³-hybridized carbons (Fsp3) is 0.727. The third-order valence-corrected chi connectivity index (χ3v) is 1.78. The second kappa shape index (κ2) is 12.3. The first kappa shape index (κ1) is 23.4. The normalized spacial score (nSPS) is 13.8. The largest absolute Gasteiger partial charge is 0.480 e. The van der Waals surface area contributed by atoms with E-state index >= 15 is 0 Å². The van der Waals surface area contributed by atoms with Crippen LogP contribution in [0.4, 0.5) is 0 Å². The summed E-state index contributed by atoms with van der Waals surface area (Å²) in [6.45, 7) is 6.39. The van der Waals surface area contributed by atoms with Gasteiger partial charge in [-0.25, -0.2) is 0 Å². The van der Waals surface area contributed by atoms with Crippen molar-refractivity contribution in [3.05, 3.63) is 0 Å². The summed E-state index contributed by atoms with van der Waals surface area (Å²) in [4.78, 5) is 29.2. The van der Waals surface area contributed by atoms with Crippen molar-refractivity contribution in [2.45, 2.75) is 45.8 Å². The topological polar surface area (TPSA) is 190 Å². The van der Waals surface area contributed by atoms with E-state index in [9.17, 15) is 14.4 Å². The van der Waals surface area contributed by atoms with E-state index in [0.717, 1.165) is 0 Å². The van der Waals surface area contributed by atoms with E-state index in [1.165, 1.54) is 13.8 Å². The van der Waals surface area contributed by atoms with Crippen molar-refractivity contribution in [3.8, 4) is 0 Å². The van der Waals surface area contributed by atoms with Crippen LogP contribution in [-0.4, -0.2) is 51.4 Å². The van der Waals surface area contributed by atoms with Crippen LogP contribution >= 0.6 is 0 Å². The predicted molar refractivity (Wildman–Crippen MR) is 73.0 cm³/mol. The van der Waals surface area contributed by atoms with Gasteiger partial charge in [0.25, 0.3) is 0 Å². The van der Waals surface area contributed by atoms with E-state index in [4.69, 9.17) is 32.5 Å². The lowest BCUT2D eigenvalue weighted by Crippen LogP contribution is -2.34. The van der Waals surface area contributed by atoms with E-state index in [2.05, 4.69) is 0 Å². The number of carbonyl (C=O) groups is 3. The monoisotopic (exact) mass is 295 g/mol. The van der Waals surface area contributed by atoms with Crippen molar-refractivity contribution in [2.24, 2.45) is 23.1 Å². The van der Waals surface area contributed by atoms with Gasteiger partial charge in [0, 0.05) is 0 Å². The Labute approximate surface area is 117 Å². The number of nitrogens with two attached hydrogens (primary N) is 3. The Balaban J connectivity index is -0.000000221. The lowest BCUT2D eigenvalue weighted by molar-refractivity contribution is -0.140. The van der Waals surface area contributed by atoms with Crippen molar-refractivity contribution in [3.63, 3.8) is 0 Å². The minimum atomic E-state index is -0.963. The molecule has 0 aromatic carbocycles. The second-order valence-corrected chi connectivity index (χ2v) is 4.36. The smallest absolute Gasteiger partial charge is 0.320 e. The minimum absolute atomic E-state index is 0.0208. The van der Waals surface area contributed by atoms with Crippen LogP contribution in [-0.2, 0) is 14.4 Å². The first-order valence-electron chi connectivity index (χ1n) is 5.79. The van der Waals surface area contributed by atoms with Crippen LogP contribution in [0.25, 0.3) is 0 Å². The molecule has 9 heteroatoms. The minimum Gasteiger partial charge on any atom is -0.480 e. The van der Waals surface area contributed by atoms with E-state index in [-0.39, 0.29) is 5.92 Å². The van der Waals surface area contributed by atoms with Gasteiger partial charge in [0.1, 0.15) is 18.1 Å². The Morgan fingerprint density at radius 2 is 0.900 bits per heavy atom. The maximum atomic E-state index is 10.0. The summed E-state index contributed by atoms with van der Waals surface area (Å²) in [5.41, 5.74) is 14.8. The van der Waals surface area contributed by atoms with Crippen LogP contribution in [0.1, 0.15) is 27.7 Å². The zero-order valence-corrected chi connectivity index (χ0v) is 12.1. The molecule has 9 N–H and O–H groups in total. The number of carboxylic acids is 3. The Morgan fingerprint density at radius 1 is 0.700 bits per heavy atom. The number of hydrogen-bond acceptors (Lipinski definition) is 6. The van der Waals surface area contributed by atoms with Crippen LogP contribution in [0, 0.1) is 5.92 Å². The molecule has 0 aliphatic rings. The number of aliphatic carboxylic acids is 3. The molecule has 0 spiro atoms. The van der Waals surface area contributed by atoms with Crippen molar-refractivity contribution in [1.29, 1.82) is 0 Å². The van der Waals surface area contributed by atoms with E-state index in [1.54, 1.807) is 13.8 Å². The third kappa shape index (κ3) is 18.6. The first-order chi connectivity index (χ1) is 8.84. The van der Waals surface area contributed by atoms with E-state index < -0.39 is 36.0 Å². The Hall–Kier alpha value is -1.71. The molecule has 0 heterocycles. The third-order valence-electron chi connectivity index (χ3n) is 1.78. The fourth-order valence-electron chi connectivity index (χ4n) is 0.285. The van der Waals surface area contributed by atoms with Gasteiger partial charge in [-0.2, -0.15) is 0 Å². The Kier molecular flexibility index (Phi) is 14.4. The molecule has 0 unspecified atom stereocenters. The highest BCUT2D eigenvalue weighted by Crippen LogP contribution is 1.96. The molecule has 0 aromatic heterocycles. The van der Waals surface area contributed by atoms with Crippen LogP contribution < -0.4 is 17.2 Å². The van der Waals surface area contributed by atoms with Crippen LogP contribution in [0.2, 0.25) is 0 Å². The molecule has 0 radical (unpaired) electrons. The summed E-state index contributed by atoms with van der Waals surface area (Å²) < 4.78 is 0. The molecule has 0 saturated carbocycles. The fourth-order valence-corrected chi connectivity index (χ4v) is 0.285. The highest BCUT2D eigenvalue weighted by atomic mass is 16.4. The van der Waals surface area contributed by atoms with Gasteiger partial charge in [0.2, 0.25) is 0 Å². The summed E-state index contributed by atoms with van der Waals surface area (Å²) in [5.74, 6) is -2.84. The molecule has 0 bridgehead atoms. The zero-order chi connectivity index (χ0) is 17.0. The van der Waals surface area contributed by atoms with E-state index in [1.807, 2.05) is 0 Å². The molecule has 0 aliphatic carbocycles. The number of carboxylic acid groups (broad SMARTS) is 3. The molecule has 3 atom stereocenters. The van der Waals surface area contributed by atoms with Gasteiger partial charge in [-0.15, -0.1) is 0 Å². The SMILES string of the molecule is CC(C)[C@H](N)C(=O)O.C[C@H](N)C(=O)O.C[C@H](N)C(=O)O. The van der Waals surface area contributed by atoms with Crippen molar-refractivity contribution >= 4 is 17.9 Å². The van der Waals surface area contributed by atoms with Gasteiger partial charge in [-0.3, -0.25) is 14.4 Å². The average Bonchev–Trinajstić information content (AvgIpc) is 2.28. The summed E-state index contributed by atoms with van der Waals surface area (Å²) in [6, 6.07) is -2.18. The molecule has 0 saturated heterocycles. The van der Waals surface area contributed by atoms with Crippen LogP contribution in [0.5, 0.6) is 0 Å². The molecule has 20 heavy (non-hydrogen) atoms. The summed E-state index contributed by atoms with van der Waals surface area (Å²) >= 11 is 0. The van der Waals surface area contributed by atoms with Crippen LogP contribution in [0.3, 0.4) is 0 Å². The average molecular weight is 295 g/mol. The summed E-state index contributed by atoms with van der Waals surface area (Å²) in [7, 11) is 0. The standard InChI is InChI=1S/C5H11NO2.2C3H7NO2/c1-3(2)4(6)5(7)8;2*1-2(4)3(5)6/h3-4H,6H2,1-2H3,(H,7,8);2*2H,4H2,1H3,(H,5,6)/t4-;2*2-/m000/s1. The van der Waals surface area contributed by atoms with Gasteiger partial charge >= 0.3 is 17.9 Å². The molecular weight excluding hydrogens is 270 g/mol. The van der Waals surface area contributed by atoms with Crippen LogP contribution in [0.15, 0.2) is 0 Å². The Morgan fingerprint density at radius 3 is 0.900 bits per heavy atom. The van der Waals surface area contributed by atoms with Crippen molar-refractivity contribution < 1.29 is 29.7 Å². The summed E-state index contributed by atoms with van der Waals surface area (Å²) in [5, 5.41) is 24.0. The molecule has 0 fully saturated rings. The second-order valence-electron chi connectivity index (χ2n) is 4.36. The van der Waals surface area contributed by atoms with Gasteiger partial charge in [-0.1, -0.05) is 13.8 Å². The molecule has 0 amide bonds. The molecule has 120 valence electrons. The maximum Gasteiger partial charge on any atom is 0.320 e. The molecule has 9 nitrogen and oxygen atoms in total. The molecule has 0 aliphatic heterocycles. The van der Waals surface area contributed by atoms with Gasteiger partial charge in [-0.05, 0) is 19.8 Å². The van der Waals surface area contributed by atoms with Crippen molar-refractivity contribution in [2.75, 3.05) is 0 Å². The quantitative estimate of drug-likeness (QED) is 0.373. The summed E-state index contributed by atoms with van der Waals surface area (Å²) in [6.07, 6.45) is 0. The highest BCUT2D eigenvalue weighted by Gasteiger charge is 2.14. The first-order valence-corrected chi connectivity index (χ1v) is 5.79. The van der Waals surface area contributed by atoms with Crippen molar-refractivity contribution in [1.82, 2.24) is 0 Å². The Bertz CT molecular complexity index is 287. The number of rotatable bonds is 4.